The Morgan fingerprint density at radius 1 is 0.410 bits per heavy atom. The van der Waals surface area contributed by atoms with Gasteiger partial charge in [0.1, 0.15) is 11.4 Å². The number of hydrogen-bond acceptors (Lipinski definition) is 1. The van der Waals surface area contributed by atoms with Crippen LogP contribution in [0.5, 0.6) is 0 Å². The van der Waals surface area contributed by atoms with Crippen LogP contribution >= 0.6 is 0 Å². The third-order valence-electron chi connectivity index (χ3n) is 13.0. The summed E-state index contributed by atoms with van der Waals surface area (Å²) in [6.45, 7) is 19.0. The van der Waals surface area contributed by atoms with Crippen molar-refractivity contribution in [2.24, 2.45) is 0 Å². The van der Waals surface area contributed by atoms with E-state index in [1.54, 1.807) is 0 Å². The maximum absolute atomic E-state index is 2.68. The molecule has 2 nitrogen and oxygen atoms in total. The lowest BCUT2D eigenvalue weighted by Crippen LogP contribution is -2.28. The minimum atomic E-state index is -0.000210. The van der Waals surface area contributed by atoms with Gasteiger partial charge < -0.3 is 0 Å². The molecule has 0 N–H and O–H groups in total. The van der Waals surface area contributed by atoms with Gasteiger partial charge in [-0.1, -0.05) is 201 Å². The fraction of sp³-hybridized carbons (Fsp3) is 0.237. The highest BCUT2D eigenvalue weighted by Gasteiger charge is 2.48. The van der Waals surface area contributed by atoms with Gasteiger partial charge in [-0.2, -0.15) is 0 Å². The van der Waals surface area contributed by atoms with Crippen LogP contribution in [0.3, 0.4) is 0 Å². The summed E-state index contributed by atoms with van der Waals surface area (Å²) in [6, 6.07) is 63.6. The van der Waals surface area contributed by atoms with Gasteiger partial charge in [0.05, 0.1) is 0 Å². The fourth-order valence-electron chi connectivity index (χ4n) is 9.94. The molecule has 0 amide bonds. The Hall–Kier alpha value is -6.25. The van der Waals surface area contributed by atoms with Crippen LogP contribution in [0.25, 0.3) is 43.8 Å². The largest absolute Gasteiger partial charge is 0.245 e. The van der Waals surface area contributed by atoms with Crippen LogP contribution < -0.4 is 4.90 Å². The molecule has 1 aliphatic heterocycles. The highest BCUT2D eigenvalue weighted by Crippen LogP contribution is 2.52. The summed E-state index contributed by atoms with van der Waals surface area (Å²) >= 11 is 0. The van der Waals surface area contributed by atoms with Gasteiger partial charge in [0, 0.05) is 33.4 Å². The smallest absolute Gasteiger partial charge is 0.221 e. The van der Waals surface area contributed by atoms with Crippen molar-refractivity contribution in [1.29, 1.82) is 0 Å². The Morgan fingerprint density at radius 2 is 0.803 bits per heavy atom. The molecule has 304 valence electrons. The molecule has 0 bridgehead atoms. The number of benzene rings is 8. The second-order valence-electron chi connectivity index (χ2n) is 18.3. The number of hydrogen-bond donors (Lipinski definition) is 0. The van der Waals surface area contributed by atoms with Crippen molar-refractivity contribution in [3.8, 4) is 22.3 Å². The van der Waals surface area contributed by atoms with E-state index < -0.39 is 0 Å². The second kappa shape index (κ2) is 16.7. The van der Waals surface area contributed by atoms with Crippen molar-refractivity contribution in [3.05, 3.63) is 203 Å². The molecule has 0 saturated carbocycles. The van der Waals surface area contributed by atoms with Gasteiger partial charge in [0.25, 0.3) is 0 Å². The van der Waals surface area contributed by atoms with Crippen LogP contribution in [-0.2, 0) is 0 Å². The van der Waals surface area contributed by atoms with Crippen molar-refractivity contribution >= 4 is 39.3 Å². The van der Waals surface area contributed by atoms with Gasteiger partial charge in [-0.15, -0.1) is 0 Å². The van der Waals surface area contributed by atoms with Crippen molar-refractivity contribution < 1.29 is 4.58 Å². The normalized spacial score (nSPS) is 15.5. The predicted molar refractivity (Wildman–Crippen MR) is 262 cm³/mol. The molecule has 1 heterocycles. The van der Waals surface area contributed by atoms with E-state index in [4.69, 9.17) is 0 Å². The van der Waals surface area contributed by atoms with E-state index in [9.17, 15) is 0 Å². The zero-order chi connectivity index (χ0) is 42.4. The van der Waals surface area contributed by atoms with Gasteiger partial charge in [-0.25, -0.2) is 9.48 Å². The first-order chi connectivity index (χ1) is 29.6. The molecular formula is C59H59N2+. The monoisotopic (exact) mass is 795 g/mol. The average Bonchev–Trinajstić information content (AvgIpc) is 3.68. The van der Waals surface area contributed by atoms with Crippen molar-refractivity contribution in [2.75, 3.05) is 4.90 Å². The molecule has 0 radical (unpaired) electrons. The number of nitrogens with zero attached hydrogens (tertiary/aromatic N) is 2. The minimum Gasteiger partial charge on any atom is -0.221 e. The first kappa shape index (κ1) is 40.2. The Labute approximate surface area is 363 Å². The maximum Gasteiger partial charge on any atom is 0.245 e. The summed E-state index contributed by atoms with van der Waals surface area (Å²) in [5.41, 5.74) is 15.9. The van der Waals surface area contributed by atoms with E-state index in [-0.39, 0.29) is 35.8 Å². The molecule has 0 saturated heterocycles. The molecule has 0 aromatic heterocycles. The molecule has 1 aliphatic rings. The van der Waals surface area contributed by atoms with Crippen molar-refractivity contribution in [1.82, 2.24) is 0 Å². The SMILES string of the molecule is CC(C)c1cc(-c2cccc3ccccc23)cc(C(C)C)c1N1C=[N+](c2c(C(C)C)cc(-c3cccc4ccccc34)cc2C(C)C)[C@@H](c2ccccc2)C1c1ccccc1. The van der Waals surface area contributed by atoms with E-state index in [0.717, 1.165) is 0 Å². The molecule has 8 aromatic carbocycles. The Kier molecular flexibility index (Phi) is 11.0. The quantitative estimate of drug-likeness (QED) is 0.125. The molecule has 1 unspecified atom stereocenters. The van der Waals surface area contributed by atoms with E-state index in [0.29, 0.717) is 0 Å². The number of rotatable bonds is 10. The third-order valence-corrected chi connectivity index (χ3v) is 13.0. The van der Waals surface area contributed by atoms with Crippen LogP contribution in [0, 0.1) is 0 Å². The summed E-state index contributed by atoms with van der Waals surface area (Å²) < 4.78 is 2.68. The summed E-state index contributed by atoms with van der Waals surface area (Å²) in [5, 5.41) is 5.13. The Morgan fingerprint density at radius 3 is 1.26 bits per heavy atom. The lowest BCUT2D eigenvalue weighted by Gasteiger charge is -2.29. The molecule has 9 rings (SSSR count). The minimum absolute atomic E-state index is 0.000210. The van der Waals surface area contributed by atoms with Gasteiger partial charge in [-0.05, 0) is 91.7 Å². The Bertz CT molecular complexity index is 2810. The zero-order valence-electron chi connectivity index (χ0n) is 37.1. The predicted octanol–water partition coefficient (Wildman–Crippen LogP) is 16.5. The first-order valence-electron chi connectivity index (χ1n) is 22.4. The van der Waals surface area contributed by atoms with Crippen LogP contribution in [0.2, 0.25) is 0 Å². The lowest BCUT2D eigenvalue weighted by molar-refractivity contribution is -0.482. The number of anilines is 1. The van der Waals surface area contributed by atoms with E-state index >= 15 is 0 Å². The maximum atomic E-state index is 2.68. The first-order valence-corrected chi connectivity index (χ1v) is 22.4. The van der Waals surface area contributed by atoms with E-state index in [1.165, 1.54) is 88.6 Å². The average molecular weight is 796 g/mol. The van der Waals surface area contributed by atoms with Gasteiger partial charge in [-0.3, -0.25) is 0 Å². The summed E-state index contributed by atoms with van der Waals surface area (Å²) in [4.78, 5) is 2.68. The molecule has 61 heavy (non-hydrogen) atoms. The third kappa shape index (κ3) is 7.37. The molecule has 2 heteroatoms. The van der Waals surface area contributed by atoms with E-state index in [1.807, 2.05) is 0 Å². The highest BCUT2D eigenvalue weighted by atomic mass is 15.3. The Balaban J connectivity index is 1.35. The molecule has 2 atom stereocenters. The van der Waals surface area contributed by atoms with Gasteiger partial charge in [0.15, 0.2) is 12.1 Å². The topological polar surface area (TPSA) is 6.25 Å². The van der Waals surface area contributed by atoms with Gasteiger partial charge >= 0.3 is 0 Å². The molecule has 0 spiro atoms. The van der Waals surface area contributed by atoms with Crippen LogP contribution in [0.1, 0.15) is 125 Å². The molecular weight excluding hydrogens is 737 g/mol. The standard InChI is InChI=1S/C59H59N2/c1-38(2)52-33-46(50-31-19-27-42-21-15-17-29-48(42)50)34-53(39(3)4)58(52)60-37-61(57(45-25-13-10-14-26-45)56(60)44-23-11-9-12-24-44)59-54(40(5)6)35-47(36-55(59)41(7)8)51-32-20-28-43-22-16-18-30-49(43)51/h9-41,56-57H,1-8H3/q+1/t56-,57?/m0/s1. The fourth-order valence-corrected chi connectivity index (χ4v) is 9.94. The van der Waals surface area contributed by atoms with Crippen molar-refractivity contribution in [3.63, 3.8) is 0 Å². The second-order valence-corrected chi connectivity index (χ2v) is 18.3. The zero-order valence-corrected chi connectivity index (χ0v) is 37.1. The highest BCUT2D eigenvalue weighted by molar-refractivity contribution is 5.99. The molecule has 0 aliphatic carbocycles. The van der Waals surface area contributed by atoms with Crippen LogP contribution in [-0.4, -0.2) is 10.9 Å². The molecule has 8 aromatic rings. The van der Waals surface area contributed by atoms with Crippen LogP contribution in [0.15, 0.2) is 170 Å². The summed E-state index contributed by atoms with van der Waals surface area (Å²) in [5.74, 6) is 1.14. The summed E-state index contributed by atoms with van der Waals surface area (Å²) in [7, 11) is 0. The van der Waals surface area contributed by atoms with Crippen LogP contribution in [0.4, 0.5) is 11.4 Å². The van der Waals surface area contributed by atoms with Gasteiger partial charge in [0.2, 0.25) is 6.34 Å². The number of fused-ring (bicyclic) bond motifs is 2. The summed E-state index contributed by atoms with van der Waals surface area (Å²) in [6.07, 6.45) is 2.50. The van der Waals surface area contributed by atoms with E-state index in [2.05, 4.69) is 241 Å². The lowest BCUT2D eigenvalue weighted by atomic mass is 9.84. The van der Waals surface area contributed by atoms with Crippen molar-refractivity contribution in [2.45, 2.75) is 91.1 Å². The molecule has 0 fully saturated rings.